The third-order valence-corrected chi connectivity index (χ3v) is 6.92. The van der Waals surface area contributed by atoms with Crippen molar-refractivity contribution in [2.24, 2.45) is 0 Å². The first-order valence-electron chi connectivity index (χ1n) is 11.4. The topological polar surface area (TPSA) is 80.0 Å². The average Bonchev–Trinajstić information content (AvgIpc) is 3.34. The lowest BCUT2D eigenvalue weighted by Crippen LogP contribution is -2.50. The van der Waals surface area contributed by atoms with E-state index in [-0.39, 0.29) is 29.1 Å². The largest absolute Gasteiger partial charge is 0.387 e. The van der Waals surface area contributed by atoms with E-state index in [1.165, 1.54) is 12.3 Å². The van der Waals surface area contributed by atoms with Gasteiger partial charge in [-0.25, -0.2) is 18.2 Å². The first-order valence-corrected chi connectivity index (χ1v) is 11.8. The van der Waals surface area contributed by atoms with Gasteiger partial charge in [0.2, 0.25) is 5.92 Å². The summed E-state index contributed by atoms with van der Waals surface area (Å²) in [4.78, 5) is 17.2. The summed E-state index contributed by atoms with van der Waals surface area (Å²) in [5.74, 6) is -3.61. The first-order chi connectivity index (χ1) is 16.7. The van der Waals surface area contributed by atoms with Gasteiger partial charge in [0.1, 0.15) is 12.4 Å². The van der Waals surface area contributed by atoms with Crippen LogP contribution in [0.4, 0.5) is 13.2 Å². The molecule has 0 spiro atoms. The van der Waals surface area contributed by atoms with E-state index in [1.807, 2.05) is 19.2 Å². The van der Waals surface area contributed by atoms with Crippen molar-refractivity contribution < 1.29 is 23.1 Å². The molecule has 35 heavy (non-hydrogen) atoms. The van der Waals surface area contributed by atoms with Crippen molar-refractivity contribution in [3.8, 4) is 11.1 Å². The van der Waals surface area contributed by atoms with Gasteiger partial charge in [-0.1, -0.05) is 29.8 Å². The molecule has 1 unspecified atom stereocenters. The zero-order valence-corrected chi connectivity index (χ0v) is 19.9. The highest BCUT2D eigenvalue weighted by molar-refractivity contribution is 6.34. The Hall–Kier alpha value is -2.91. The van der Waals surface area contributed by atoms with Crippen LogP contribution in [0.3, 0.4) is 0 Å². The van der Waals surface area contributed by atoms with Crippen LogP contribution >= 0.6 is 11.6 Å². The minimum Gasteiger partial charge on any atom is -0.387 e. The summed E-state index contributed by atoms with van der Waals surface area (Å²) in [6, 6.07) is 7.48. The number of amides is 1. The van der Waals surface area contributed by atoms with E-state index in [2.05, 4.69) is 15.4 Å². The molecule has 1 atom stereocenters. The van der Waals surface area contributed by atoms with Crippen molar-refractivity contribution in [3.63, 3.8) is 0 Å². The third kappa shape index (κ3) is 5.36. The molecule has 4 rings (SSSR count). The number of alkyl halides is 3. The zero-order chi connectivity index (χ0) is 25.2. The van der Waals surface area contributed by atoms with Gasteiger partial charge in [-0.3, -0.25) is 9.48 Å². The molecule has 3 aromatic rings. The number of nitrogens with zero attached hydrogens (tertiary/aromatic N) is 3. The highest BCUT2D eigenvalue weighted by Gasteiger charge is 2.47. The van der Waals surface area contributed by atoms with E-state index in [9.17, 15) is 23.1 Å². The van der Waals surface area contributed by atoms with Crippen LogP contribution in [0.2, 0.25) is 5.02 Å². The molecule has 2 heterocycles. The van der Waals surface area contributed by atoms with Crippen molar-refractivity contribution in [3.05, 3.63) is 70.8 Å². The molecule has 2 aromatic heterocycles. The molecule has 1 aliphatic rings. The van der Waals surface area contributed by atoms with Gasteiger partial charge < -0.3 is 10.4 Å². The molecule has 0 saturated heterocycles. The number of hydrogen-bond donors (Lipinski definition) is 2. The maximum atomic E-state index is 13.9. The van der Waals surface area contributed by atoms with E-state index < -0.39 is 43.0 Å². The van der Waals surface area contributed by atoms with Crippen molar-refractivity contribution >= 4 is 17.5 Å². The molecule has 0 radical (unpaired) electrons. The molecule has 0 aliphatic heterocycles. The Kier molecular flexibility index (Phi) is 7.19. The number of rotatable bonds is 7. The van der Waals surface area contributed by atoms with Crippen LogP contribution in [0.5, 0.6) is 0 Å². The van der Waals surface area contributed by atoms with Gasteiger partial charge in [-0.15, -0.1) is 0 Å². The summed E-state index contributed by atoms with van der Waals surface area (Å²) in [6.07, 6.45) is 3.41. The Bertz CT molecular complexity index is 1210. The van der Waals surface area contributed by atoms with Crippen LogP contribution in [-0.4, -0.2) is 37.3 Å². The van der Waals surface area contributed by atoms with E-state index in [4.69, 9.17) is 11.6 Å². The van der Waals surface area contributed by atoms with Crippen LogP contribution in [0.1, 0.15) is 60.3 Å². The number of aromatic nitrogens is 3. The van der Waals surface area contributed by atoms with Gasteiger partial charge in [-0.2, -0.15) is 5.10 Å². The summed E-state index contributed by atoms with van der Waals surface area (Å²) in [6.45, 7) is 1.78. The van der Waals surface area contributed by atoms with Crippen LogP contribution in [-0.2, 0) is 13.2 Å². The van der Waals surface area contributed by atoms with Crippen LogP contribution < -0.4 is 5.32 Å². The number of pyridine rings is 1. The Morgan fingerprint density at radius 2 is 1.97 bits per heavy atom. The van der Waals surface area contributed by atoms with Crippen LogP contribution in [0.25, 0.3) is 11.1 Å². The number of carbonyl (C=O) groups excluding carboxylic acids is 1. The van der Waals surface area contributed by atoms with Crippen LogP contribution in [0.15, 0.2) is 48.9 Å². The fourth-order valence-electron chi connectivity index (χ4n) is 4.39. The van der Waals surface area contributed by atoms with Gasteiger partial charge in [0.05, 0.1) is 22.9 Å². The Balaban J connectivity index is 1.72. The monoisotopic (exact) mass is 506 g/mol. The summed E-state index contributed by atoms with van der Waals surface area (Å²) < 4.78 is 42.9. The number of nitrogens with one attached hydrogen (secondary N) is 1. The summed E-state index contributed by atoms with van der Waals surface area (Å²) in [5.41, 5.74) is 0.438. The van der Waals surface area contributed by atoms with Gasteiger partial charge in [-0.05, 0) is 43.0 Å². The molecule has 6 nitrogen and oxygen atoms in total. The molecule has 186 valence electrons. The lowest BCUT2D eigenvalue weighted by Gasteiger charge is -2.42. The molecule has 1 saturated carbocycles. The van der Waals surface area contributed by atoms with Gasteiger partial charge >= 0.3 is 0 Å². The van der Waals surface area contributed by atoms with E-state index in [1.54, 1.807) is 29.1 Å². The summed E-state index contributed by atoms with van der Waals surface area (Å²) >= 11 is 6.18. The maximum absolute atomic E-state index is 13.9. The van der Waals surface area contributed by atoms with E-state index in [0.29, 0.717) is 12.1 Å². The molecule has 1 amide bonds. The molecule has 2 N–H and O–H groups in total. The van der Waals surface area contributed by atoms with E-state index in [0.717, 1.165) is 11.1 Å². The molecular formula is C25H26ClF3N4O2. The first kappa shape index (κ1) is 25.2. The lowest BCUT2D eigenvalue weighted by molar-refractivity contribution is -0.116. The summed E-state index contributed by atoms with van der Waals surface area (Å²) in [5, 5.41) is 18.4. The molecular weight excluding hydrogens is 481 g/mol. The second-order valence-corrected chi connectivity index (χ2v) is 9.22. The molecule has 1 fully saturated rings. The number of hydrogen-bond acceptors (Lipinski definition) is 4. The number of carbonyl (C=O) groups is 1. The van der Waals surface area contributed by atoms with Crippen molar-refractivity contribution in [1.29, 1.82) is 0 Å². The quantitative estimate of drug-likeness (QED) is 0.443. The Labute approximate surface area is 206 Å². The number of aliphatic hydroxyl groups is 1. The standard InChI is InChI=1S/C25H26ClF3N4O2/c1-2-33-15-19(14-31-33)16-4-3-5-17(12-16)22(24(35)7-9-25(28,29)10-8-24)32-23(34)21-20(26)18(13-27)6-11-30-21/h3-6,11-12,14-15,22,35H,2,7-10,13H2,1H3,(H,32,34). The maximum Gasteiger partial charge on any atom is 0.272 e. The molecule has 0 bridgehead atoms. The SMILES string of the molecule is CCn1cc(-c2cccc(C(NC(=O)c3nccc(CF)c3Cl)C3(O)CCC(F)(F)CC3)c2)cn1. The van der Waals surface area contributed by atoms with Gasteiger partial charge in [0.15, 0.2) is 0 Å². The lowest BCUT2D eigenvalue weighted by atomic mass is 9.75. The Morgan fingerprint density at radius 1 is 1.23 bits per heavy atom. The van der Waals surface area contributed by atoms with Crippen LogP contribution in [0, 0.1) is 0 Å². The number of benzene rings is 1. The minimum atomic E-state index is -2.88. The number of aryl methyl sites for hydroxylation is 1. The second kappa shape index (κ2) is 9.99. The minimum absolute atomic E-state index is 0.106. The predicted molar refractivity (Wildman–Crippen MR) is 126 cm³/mol. The van der Waals surface area contributed by atoms with Crippen molar-refractivity contribution in [2.75, 3.05) is 0 Å². The number of halogens is 4. The van der Waals surface area contributed by atoms with Gasteiger partial charge in [0.25, 0.3) is 5.91 Å². The average molecular weight is 507 g/mol. The van der Waals surface area contributed by atoms with Crippen molar-refractivity contribution in [1.82, 2.24) is 20.1 Å². The zero-order valence-electron chi connectivity index (χ0n) is 19.1. The molecule has 1 aliphatic carbocycles. The predicted octanol–water partition coefficient (Wildman–Crippen LogP) is 5.50. The second-order valence-electron chi connectivity index (χ2n) is 8.84. The fraction of sp³-hybridized carbons (Fsp3) is 0.400. The van der Waals surface area contributed by atoms with Gasteiger partial charge in [0, 0.05) is 42.9 Å². The third-order valence-electron chi connectivity index (χ3n) is 6.50. The summed E-state index contributed by atoms with van der Waals surface area (Å²) in [7, 11) is 0. The van der Waals surface area contributed by atoms with E-state index >= 15 is 0 Å². The normalized spacial score (nSPS) is 17.7. The van der Waals surface area contributed by atoms with Crippen molar-refractivity contribution in [2.45, 2.75) is 63.4 Å². The highest BCUT2D eigenvalue weighted by Crippen LogP contribution is 2.45. The molecule has 1 aromatic carbocycles. The smallest absolute Gasteiger partial charge is 0.272 e. The molecule has 10 heteroatoms. The fourth-order valence-corrected chi connectivity index (χ4v) is 4.64. The Morgan fingerprint density at radius 3 is 2.63 bits per heavy atom. The highest BCUT2D eigenvalue weighted by atomic mass is 35.5.